The minimum atomic E-state index is -4.49. The van der Waals surface area contributed by atoms with E-state index >= 15 is 0 Å². The smallest absolute Gasteiger partial charge is 0.744 e. The first kappa shape index (κ1) is 71.6. The fraction of sp³-hybridized carbons (Fsp3) is 0.706. The molecule has 0 saturated heterocycles. The summed E-state index contributed by atoms with van der Waals surface area (Å²) in [6.45, 7) is 9.05. The maximum Gasteiger partial charge on any atom is 2.00 e. The summed E-state index contributed by atoms with van der Waals surface area (Å²) in [7, 11) is -8.98. The van der Waals surface area contributed by atoms with E-state index in [1.807, 2.05) is 36.4 Å². The van der Waals surface area contributed by atoms with E-state index in [1.54, 1.807) is 0 Å². The summed E-state index contributed by atoms with van der Waals surface area (Å²) in [5.41, 5.74) is 4.86. The summed E-state index contributed by atoms with van der Waals surface area (Å²) in [6, 6.07) is 18.9. The Balaban J connectivity index is 0.000000520. The van der Waals surface area contributed by atoms with Crippen molar-refractivity contribution in [1.82, 2.24) is 0 Å². The van der Waals surface area contributed by atoms with E-state index in [0.29, 0.717) is 10.8 Å². The molecule has 0 aliphatic heterocycles. The van der Waals surface area contributed by atoms with Crippen molar-refractivity contribution in [3.8, 4) is 0 Å². The van der Waals surface area contributed by atoms with Crippen LogP contribution >= 0.6 is 0 Å². The van der Waals surface area contributed by atoms with Gasteiger partial charge in [0, 0.05) is 0 Å². The van der Waals surface area contributed by atoms with Crippen molar-refractivity contribution in [1.29, 1.82) is 0 Å². The molecule has 0 heterocycles. The molecule has 4 aromatic carbocycles. The van der Waals surface area contributed by atoms with Gasteiger partial charge in [-0.15, -0.1) is 0 Å². The first-order chi connectivity index (χ1) is 36.9. The summed E-state index contributed by atoms with van der Waals surface area (Å²) in [6.07, 6.45) is 56.3. The van der Waals surface area contributed by atoms with Crippen LogP contribution in [0.1, 0.15) is 307 Å². The monoisotopic (exact) mass is 1130 g/mol. The van der Waals surface area contributed by atoms with Crippen molar-refractivity contribution in [3.63, 3.8) is 0 Å². The van der Waals surface area contributed by atoms with Crippen LogP contribution < -0.4 is 0 Å². The molecule has 0 bridgehead atoms. The second-order valence-electron chi connectivity index (χ2n) is 22.8. The molecular formula is C68H110CaO6S2. The zero-order valence-electron chi connectivity index (χ0n) is 49.9. The Kier molecular flexibility index (Phi) is 41.9. The molecule has 0 fully saturated rings. The Labute approximate surface area is 504 Å². The molecule has 9 heteroatoms. The van der Waals surface area contributed by atoms with Gasteiger partial charge in [-0.2, -0.15) is 0 Å². The molecule has 0 aliphatic carbocycles. The molecule has 0 aliphatic rings. The normalized spacial score (nSPS) is 11.8. The molecule has 0 aromatic heterocycles. The Morgan fingerprint density at radius 1 is 0.273 bits per heavy atom. The Bertz CT molecular complexity index is 2160. The van der Waals surface area contributed by atoms with Gasteiger partial charge in [0.2, 0.25) is 0 Å². The third-order valence-electron chi connectivity index (χ3n) is 16.0. The minimum Gasteiger partial charge on any atom is -0.744 e. The summed E-state index contributed by atoms with van der Waals surface area (Å²) < 4.78 is 71.4. The van der Waals surface area contributed by atoms with Crippen LogP contribution in [-0.2, 0) is 45.9 Å². The number of aryl methyl sites for hydroxylation is 4. The topological polar surface area (TPSA) is 114 Å². The van der Waals surface area contributed by atoms with E-state index in [9.17, 15) is 25.9 Å². The van der Waals surface area contributed by atoms with Crippen molar-refractivity contribution in [2.75, 3.05) is 0 Å². The first-order valence-corrected chi connectivity index (χ1v) is 34.8. The molecule has 0 unspecified atom stereocenters. The molecule has 6 nitrogen and oxygen atoms in total. The zero-order chi connectivity index (χ0) is 55.0. The Morgan fingerprint density at radius 3 is 0.727 bits per heavy atom. The van der Waals surface area contributed by atoms with E-state index in [0.717, 1.165) is 62.1 Å². The summed E-state index contributed by atoms with van der Waals surface area (Å²) in [4.78, 5) is -0.158. The van der Waals surface area contributed by atoms with Gasteiger partial charge < -0.3 is 9.11 Å². The second kappa shape index (κ2) is 45.1. The van der Waals surface area contributed by atoms with Crippen LogP contribution in [0.3, 0.4) is 0 Å². The number of unbranched alkanes of at least 4 members (excludes halogenated alkanes) is 36. The van der Waals surface area contributed by atoms with Gasteiger partial charge in [0.25, 0.3) is 0 Å². The van der Waals surface area contributed by atoms with Crippen LogP contribution in [0, 0.1) is 0 Å². The average molecular weight is 1130 g/mol. The zero-order valence-corrected chi connectivity index (χ0v) is 53.7. The van der Waals surface area contributed by atoms with Crippen molar-refractivity contribution in [3.05, 3.63) is 82.9 Å². The fourth-order valence-corrected chi connectivity index (χ4v) is 12.6. The molecule has 0 N–H and O–H groups in total. The maximum absolute atomic E-state index is 11.9. The largest absolute Gasteiger partial charge is 2.00 e. The van der Waals surface area contributed by atoms with Gasteiger partial charge in [-0.25, -0.2) is 16.8 Å². The minimum absolute atomic E-state index is 0. The summed E-state index contributed by atoms with van der Waals surface area (Å²) in [5, 5.41) is 3.11. The van der Waals surface area contributed by atoms with Gasteiger partial charge in [0.05, 0.1) is 9.79 Å². The third-order valence-corrected chi connectivity index (χ3v) is 17.8. The van der Waals surface area contributed by atoms with Gasteiger partial charge in [-0.05, 0) is 107 Å². The van der Waals surface area contributed by atoms with E-state index < -0.39 is 20.2 Å². The van der Waals surface area contributed by atoms with Gasteiger partial charge in [-0.1, -0.05) is 307 Å². The molecule has 77 heavy (non-hydrogen) atoms. The second-order valence-corrected chi connectivity index (χ2v) is 25.5. The number of benzene rings is 4. The summed E-state index contributed by atoms with van der Waals surface area (Å²) >= 11 is 0. The van der Waals surface area contributed by atoms with Gasteiger partial charge in [0.1, 0.15) is 20.2 Å². The number of fused-ring (bicyclic) bond motifs is 2. The van der Waals surface area contributed by atoms with Crippen molar-refractivity contribution < 1.29 is 25.9 Å². The van der Waals surface area contributed by atoms with Crippen LogP contribution in [0.2, 0.25) is 0 Å². The van der Waals surface area contributed by atoms with Crippen LogP contribution in [-0.4, -0.2) is 63.7 Å². The molecule has 4 rings (SSSR count). The quantitative estimate of drug-likeness (QED) is 0.0247. The van der Waals surface area contributed by atoms with Crippen molar-refractivity contribution in [2.45, 2.75) is 320 Å². The average Bonchev–Trinajstić information content (AvgIpc) is 3.40. The molecule has 0 spiro atoms. The Hall–Kier alpha value is -1.52. The van der Waals surface area contributed by atoms with Crippen molar-refractivity contribution >= 4 is 79.5 Å². The van der Waals surface area contributed by atoms with Crippen LogP contribution in [0.25, 0.3) is 21.5 Å². The number of hydrogen-bond acceptors (Lipinski definition) is 6. The fourth-order valence-electron chi connectivity index (χ4n) is 11.3. The Morgan fingerprint density at radius 2 is 0.494 bits per heavy atom. The van der Waals surface area contributed by atoms with E-state index in [1.165, 1.54) is 266 Å². The van der Waals surface area contributed by atoms with Crippen LogP contribution in [0.15, 0.2) is 70.5 Å². The molecule has 0 amide bonds. The van der Waals surface area contributed by atoms with E-state index in [-0.39, 0.29) is 47.5 Å². The molecule has 0 saturated carbocycles. The van der Waals surface area contributed by atoms with Crippen LogP contribution in [0.5, 0.6) is 0 Å². The van der Waals surface area contributed by atoms with Gasteiger partial charge in [0.15, 0.2) is 0 Å². The number of hydrogen-bond donors (Lipinski definition) is 0. The molecule has 432 valence electrons. The predicted molar refractivity (Wildman–Crippen MR) is 332 cm³/mol. The summed E-state index contributed by atoms with van der Waals surface area (Å²) in [5.74, 6) is 0. The molecule has 0 radical (unpaired) electrons. The number of rotatable bonds is 46. The molecular weight excluding hydrogens is 1020 g/mol. The van der Waals surface area contributed by atoms with Gasteiger partial charge in [-0.3, -0.25) is 0 Å². The van der Waals surface area contributed by atoms with Crippen LogP contribution in [0.4, 0.5) is 0 Å². The van der Waals surface area contributed by atoms with E-state index in [4.69, 9.17) is 0 Å². The predicted octanol–water partition coefficient (Wildman–Crippen LogP) is 21.0. The van der Waals surface area contributed by atoms with E-state index in [2.05, 4.69) is 39.8 Å². The van der Waals surface area contributed by atoms with Gasteiger partial charge >= 0.3 is 37.7 Å². The molecule has 4 aromatic rings. The SMILES string of the molecule is CCCCCCCCCCCCc1ccc2c(S(=O)(=O)[O-])ccc(CCCCCCCCCCCC)c2c1.CCCCCCCCCCCCc1ccc2c(S(=O)(=O)[O-])ccc(CCCCCCCCCCCC)c2c1.[Ca+2]. The standard InChI is InChI=1S/2C34H56O3S.Ca/c2*1-3-5-7-9-11-13-15-17-19-21-23-30-25-27-32-33(29-30)31(26-28-34(32)38(35,36)37)24-22-20-18-16-14-12-10-8-6-4-2;/h2*25-29H,3-24H2,1-2H3,(H,35,36,37);/q;;+2/p-2. The third kappa shape index (κ3) is 32.1. The maximum atomic E-state index is 11.9. The molecule has 0 atom stereocenters. The first-order valence-electron chi connectivity index (χ1n) is 31.9. The van der Waals surface area contributed by atoms with Crippen molar-refractivity contribution in [2.24, 2.45) is 0 Å².